The lowest BCUT2D eigenvalue weighted by Gasteiger charge is -2.07. The van der Waals surface area contributed by atoms with Crippen molar-refractivity contribution in [3.05, 3.63) is 54.1 Å². The fourth-order valence-corrected chi connectivity index (χ4v) is 1.95. The number of ether oxygens (including phenoxy) is 2. The average molecular weight is 295 g/mol. The van der Waals surface area contributed by atoms with Crippen LogP contribution in [0.3, 0.4) is 0 Å². The van der Waals surface area contributed by atoms with Crippen molar-refractivity contribution in [2.45, 2.75) is 13.3 Å². The van der Waals surface area contributed by atoms with Crippen LogP contribution >= 0.6 is 0 Å². The molecule has 0 unspecified atom stereocenters. The van der Waals surface area contributed by atoms with Gasteiger partial charge in [-0.1, -0.05) is 24.3 Å². The minimum atomic E-state index is -0.272. The number of hydrogen-bond acceptors (Lipinski definition) is 4. The Balaban J connectivity index is 1.87. The number of hydrogen-bond donors (Lipinski definition) is 0. The van der Waals surface area contributed by atoms with Gasteiger partial charge >= 0.3 is 5.97 Å². The first kappa shape index (κ1) is 15.6. The lowest BCUT2D eigenvalue weighted by atomic mass is 10.0. The highest BCUT2D eigenvalue weighted by Gasteiger charge is 2.00. The first-order chi connectivity index (χ1) is 10.7. The van der Waals surface area contributed by atoms with Crippen molar-refractivity contribution >= 4 is 5.97 Å². The van der Waals surface area contributed by atoms with Crippen LogP contribution in [0.2, 0.25) is 0 Å². The van der Waals surface area contributed by atoms with Crippen LogP contribution in [0, 0.1) is 11.3 Å². The quantitative estimate of drug-likeness (QED) is 0.604. The van der Waals surface area contributed by atoms with E-state index in [2.05, 4.69) is 6.07 Å². The van der Waals surface area contributed by atoms with Crippen molar-refractivity contribution in [3.8, 4) is 22.9 Å². The molecule has 0 aromatic heterocycles. The number of nitriles is 1. The van der Waals surface area contributed by atoms with Crippen LogP contribution in [0.15, 0.2) is 48.5 Å². The van der Waals surface area contributed by atoms with Crippen LogP contribution < -0.4 is 4.74 Å². The first-order valence-corrected chi connectivity index (χ1v) is 7.06. The van der Waals surface area contributed by atoms with Gasteiger partial charge in [-0.25, -0.2) is 0 Å². The van der Waals surface area contributed by atoms with E-state index in [4.69, 9.17) is 14.7 Å². The molecule has 0 spiro atoms. The monoisotopic (exact) mass is 295 g/mol. The van der Waals surface area contributed by atoms with E-state index in [1.807, 2.05) is 36.4 Å². The normalized spacial score (nSPS) is 9.82. The zero-order valence-corrected chi connectivity index (χ0v) is 12.4. The third-order valence-corrected chi connectivity index (χ3v) is 3.06. The summed E-state index contributed by atoms with van der Waals surface area (Å²) >= 11 is 0. The third kappa shape index (κ3) is 4.64. The molecule has 0 radical (unpaired) electrons. The van der Waals surface area contributed by atoms with Crippen LogP contribution in [-0.2, 0) is 9.53 Å². The van der Waals surface area contributed by atoms with Gasteiger partial charge in [0.1, 0.15) is 5.75 Å². The number of nitrogens with zero attached hydrogens (tertiary/aromatic N) is 1. The lowest BCUT2D eigenvalue weighted by Crippen LogP contribution is -2.05. The second kappa shape index (κ2) is 7.84. The van der Waals surface area contributed by atoms with E-state index < -0.39 is 0 Å². The minimum Gasteiger partial charge on any atom is -0.493 e. The number of rotatable bonds is 6. The molecule has 112 valence electrons. The van der Waals surface area contributed by atoms with Gasteiger partial charge in [0.15, 0.2) is 0 Å². The van der Waals surface area contributed by atoms with Gasteiger partial charge in [-0.05, 0) is 35.4 Å². The van der Waals surface area contributed by atoms with Gasteiger partial charge in [-0.3, -0.25) is 4.79 Å². The van der Waals surface area contributed by atoms with Crippen LogP contribution in [0.25, 0.3) is 11.1 Å². The van der Waals surface area contributed by atoms with E-state index in [1.165, 1.54) is 6.92 Å². The smallest absolute Gasteiger partial charge is 0.302 e. The molecule has 0 fully saturated rings. The highest BCUT2D eigenvalue weighted by molar-refractivity contribution is 5.66. The Morgan fingerprint density at radius 1 is 1.00 bits per heavy atom. The Hall–Kier alpha value is -2.80. The summed E-state index contributed by atoms with van der Waals surface area (Å²) in [4.78, 5) is 10.6. The van der Waals surface area contributed by atoms with Crippen LogP contribution in [0.4, 0.5) is 0 Å². The number of esters is 1. The van der Waals surface area contributed by atoms with E-state index in [1.54, 1.807) is 12.1 Å². The minimum absolute atomic E-state index is 0.272. The summed E-state index contributed by atoms with van der Waals surface area (Å²) in [5.74, 6) is 0.506. The summed E-state index contributed by atoms with van der Waals surface area (Å²) < 4.78 is 10.4. The van der Waals surface area contributed by atoms with Crippen molar-refractivity contribution in [3.63, 3.8) is 0 Å². The molecular formula is C18H17NO3. The van der Waals surface area contributed by atoms with Crippen molar-refractivity contribution < 1.29 is 14.3 Å². The molecule has 4 nitrogen and oxygen atoms in total. The van der Waals surface area contributed by atoms with Crippen molar-refractivity contribution in [1.82, 2.24) is 0 Å². The van der Waals surface area contributed by atoms with Gasteiger partial charge in [0.05, 0.1) is 24.8 Å². The van der Waals surface area contributed by atoms with Gasteiger partial charge in [-0.15, -0.1) is 0 Å². The van der Waals surface area contributed by atoms with Crippen LogP contribution in [-0.4, -0.2) is 19.2 Å². The first-order valence-electron chi connectivity index (χ1n) is 7.06. The van der Waals surface area contributed by atoms with E-state index >= 15 is 0 Å². The Kier molecular flexibility index (Phi) is 5.56. The summed E-state index contributed by atoms with van der Waals surface area (Å²) in [7, 11) is 0. The number of benzene rings is 2. The third-order valence-electron chi connectivity index (χ3n) is 3.06. The molecule has 0 bridgehead atoms. The van der Waals surface area contributed by atoms with Crippen molar-refractivity contribution in [1.29, 1.82) is 5.26 Å². The largest absolute Gasteiger partial charge is 0.493 e. The van der Waals surface area contributed by atoms with Gasteiger partial charge in [0.25, 0.3) is 0 Å². The zero-order chi connectivity index (χ0) is 15.8. The predicted octanol–water partition coefficient (Wildman–Crippen LogP) is 3.56. The maximum Gasteiger partial charge on any atom is 0.302 e. The molecule has 0 atom stereocenters. The van der Waals surface area contributed by atoms with Crippen LogP contribution in [0.1, 0.15) is 18.9 Å². The SMILES string of the molecule is CC(=O)OCCCOc1ccc(-c2ccc(C#N)cc2)cc1. The highest BCUT2D eigenvalue weighted by atomic mass is 16.5. The molecule has 0 saturated carbocycles. The fraction of sp³-hybridized carbons (Fsp3) is 0.222. The van der Waals surface area contributed by atoms with Gasteiger partial charge in [0, 0.05) is 13.3 Å². The summed E-state index contributed by atoms with van der Waals surface area (Å²) in [6.07, 6.45) is 0.664. The number of carbonyl (C=O) groups excluding carboxylic acids is 1. The average Bonchev–Trinajstić information content (AvgIpc) is 2.55. The van der Waals surface area contributed by atoms with Gasteiger partial charge < -0.3 is 9.47 Å². The van der Waals surface area contributed by atoms with Crippen molar-refractivity contribution in [2.24, 2.45) is 0 Å². The molecule has 2 aromatic carbocycles. The molecule has 0 heterocycles. The topological polar surface area (TPSA) is 59.3 Å². The lowest BCUT2D eigenvalue weighted by molar-refractivity contribution is -0.141. The molecule has 0 aliphatic carbocycles. The molecule has 2 aromatic rings. The Morgan fingerprint density at radius 3 is 2.14 bits per heavy atom. The summed E-state index contributed by atoms with van der Waals surface area (Å²) in [6.45, 7) is 2.27. The maximum absolute atomic E-state index is 10.6. The standard InChI is InChI=1S/C18H17NO3/c1-14(20)21-11-2-12-22-18-9-7-17(8-10-18)16-5-3-15(13-19)4-6-16/h3-10H,2,11-12H2,1H3. The molecule has 0 amide bonds. The molecule has 0 aliphatic heterocycles. The maximum atomic E-state index is 10.6. The highest BCUT2D eigenvalue weighted by Crippen LogP contribution is 2.22. The fourth-order valence-electron chi connectivity index (χ4n) is 1.95. The van der Waals surface area contributed by atoms with Gasteiger partial charge in [-0.2, -0.15) is 5.26 Å². The van der Waals surface area contributed by atoms with Gasteiger partial charge in [0.2, 0.25) is 0 Å². The molecule has 4 heteroatoms. The molecule has 22 heavy (non-hydrogen) atoms. The Morgan fingerprint density at radius 2 is 1.59 bits per heavy atom. The molecule has 0 saturated heterocycles. The molecule has 2 rings (SSSR count). The summed E-state index contributed by atoms with van der Waals surface area (Å²) in [6, 6.07) is 17.3. The van der Waals surface area contributed by atoms with Crippen molar-refractivity contribution in [2.75, 3.05) is 13.2 Å². The summed E-state index contributed by atoms with van der Waals surface area (Å²) in [5.41, 5.74) is 2.77. The number of carbonyl (C=O) groups is 1. The Bertz CT molecular complexity index is 654. The molecular weight excluding hydrogens is 278 g/mol. The second-order valence-electron chi connectivity index (χ2n) is 4.76. The Labute approximate surface area is 129 Å². The van der Waals surface area contributed by atoms with E-state index in [0.717, 1.165) is 16.9 Å². The van der Waals surface area contributed by atoms with E-state index in [9.17, 15) is 4.79 Å². The van der Waals surface area contributed by atoms with E-state index in [-0.39, 0.29) is 5.97 Å². The molecule has 0 N–H and O–H groups in total. The van der Waals surface area contributed by atoms with E-state index in [0.29, 0.717) is 25.2 Å². The second-order valence-corrected chi connectivity index (χ2v) is 4.76. The van der Waals surface area contributed by atoms with Crippen LogP contribution in [0.5, 0.6) is 5.75 Å². The molecule has 0 aliphatic rings. The summed E-state index contributed by atoms with van der Waals surface area (Å²) in [5, 5.41) is 8.79. The predicted molar refractivity (Wildman–Crippen MR) is 83.3 cm³/mol. The zero-order valence-electron chi connectivity index (χ0n) is 12.4.